The summed E-state index contributed by atoms with van der Waals surface area (Å²) in [4.78, 5) is 37.3. The van der Waals surface area contributed by atoms with E-state index in [-0.39, 0.29) is 61.8 Å². The molecule has 0 aliphatic carbocycles. The summed E-state index contributed by atoms with van der Waals surface area (Å²) >= 11 is 0. The van der Waals surface area contributed by atoms with Crippen LogP contribution in [0.25, 0.3) is 0 Å². The highest BCUT2D eigenvalue weighted by molar-refractivity contribution is 7.89. The maximum absolute atomic E-state index is 13.8. The fraction of sp³-hybridized carbons (Fsp3) is 0.464. The molecule has 1 aliphatic heterocycles. The second-order valence-electron chi connectivity index (χ2n) is 10.3. The Morgan fingerprint density at radius 1 is 1.10 bits per heavy atom. The third-order valence-electron chi connectivity index (χ3n) is 6.89. The maximum atomic E-state index is 13.8. The number of carboxylic acids is 1. The van der Waals surface area contributed by atoms with Crippen molar-refractivity contribution < 1.29 is 45.8 Å². The highest BCUT2D eigenvalue weighted by Crippen LogP contribution is 2.31. The lowest BCUT2D eigenvalue weighted by atomic mass is 10.0. The molecular weight excluding hydrogens is 579 g/mol. The Kier molecular flexibility index (Phi) is 10.6. The van der Waals surface area contributed by atoms with Gasteiger partial charge in [0.05, 0.1) is 4.90 Å². The van der Waals surface area contributed by atoms with Gasteiger partial charge >= 0.3 is 12.3 Å². The minimum absolute atomic E-state index is 0.00967. The van der Waals surface area contributed by atoms with Gasteiger partial charge in [-0.05, 0) is 53.6 Å². The molecular formula is C28H34F3N3O7S. The quantitative estimate of drug-likeness (QED) is 0.395. The molecule has 0 radical (unpaired) electrons. The van der Waals surface area contributed by atoms with E-state index >= 15 is 0 Å². The Morgan fingerprint density at radius 3 is 2.33 bits per heavy atom. The topological polar surface area (TPSA) is 133 Å². The monoisotopic (exact) mass is 613 g/mol. The van der Waals surface area contributed by atoms with Gasteiger partial charge in [-0.2, -0.15) is 4.31 Å². The van der Waals surface area contributed by atoms with Crippen LogP contribution in [0.2, 0.25) is 0 Å². The molecule has 0 aromatic heterocycles. The number of nitrogens with zero attached hydrogens (tertiary/aromatic N) is 2. The summed E-state index contributed by atoms with van der Waals surface area (Å²) in [7, 11) is -4.45. The molecule has 0 spiro atoms. The number of carbonyl (C=O) groups excluding carboxylic acids is 2. The fourth-order valence-electron chi connectivity index (χ4n) is 4.58. The van der Waals surface area contributed by atoms with Gasteiger partial charge in [-0.25, -0.2) is 8.42 Å². The molecule has 0 bridgehead atoms. The number of aryl methyl sites for hydroxylation is 1. The first kappa shape index (κ1) is 32.9. The number of carboxylic acid groups (broad SMARTS) is 1. The summed E-state index contributed by atoms with van der Waals surface area (Å²) in [5.41, 5.74) is 1.75. The number of alkyl halides is 3. The number of benzene rings is 2. The van der Waals surface area contributed by atoms with Gasteiger partial charge in [-0.3, -0.25) is 14.4 Å². The van der Waals surface area contributed by atoms with E-state index in [9.17, 15) is 36.0 Å². The van der Waals surface area contributed by atoms with E-state index in [1.807, 2.05) is 38.1 Å². The summed E-state index contributed by atoms with van der Waals surface area (Å²) in [5.74, 6) is -2.48. The largest absolute Gasteiger partial charge is 0.573 e. The first-order chi connectivity index (χ1) is 19.6. The van der Waals surface area contributed by atoms with Crippen LogP contribution in [0.3, 0.4) is 0 Å². The molecule has 2 N–H and O–H groups in total. The molecule has 1 heterocycles. The van der Waals surface area contributed by atoms with E-state index < -0.39 is 40.1 Å². The van der Waals surface area contributed by atoms with E-state index in [1.54, 1.807) is 0 Å². The minimum Gasteiger partial charge on any atom is -0.481 e. The standard InChI is InChI=1S/C28H34F3N3O7S/c1-18(2)21-9-7-20(8-10-21)16-32-27(38)24-17-33(19(3)35)13-14-34(24)42(39,40)23-11-12-25(41-28(29,30)31)22(15-23)5-4-6-26(36)37/h7-12,15,18,24H,4-6,13-14,16-17H2,1-3H3,(H,32,38)(H,36,37). The Hall–Kier alpha value is -3.65. The highest BCUT2D eigenvalue weighted by Gasteiger charge is 2.41. The average molecular weight is 614 g/mol. The van der Waals surface area contributed by atoms with Crippen LogP contribution >= 0.6 is 0 Å². The molecule has 1 aliphatic rings. The molecule has 3 rings (SSSR count). The molecule has 2 aromatic carbocycles. The van der Waals surface area contributed by atoms with Crippen molar-refractivity contribution in [1.82, 2.24) is 14.5 Å². The number of aliphatic carboxylic acids is 1. The van der Waals surface area contributed by atoms with E-state index in [0.717, 1.165) is 33.6 Å². The van der Waals surface area contributed by atoms with Gasteiger partial charge in [0.25, 0.3) is 0 Å². The number of rotatable bonds is 11. The van der Waals surface area contributed by atoms with Crippen molar-refractivity contribution in [3.8, 4) is 5.75 Å². The summed E-state index contributed by atoms with van der Waals surface area (Å²) in [6, 6.07) is 9.07. The molecule has 1 atom stereocenters. The third-order valence-corrected chi connectivity index (χ3v) is 8.80. The molecule has 0 saturated carbocycles. The van der Waals surface area contributed by atoms with Crippen LogP contribution in [0, 0.1) is 0 Å². The third kappa shape index (κ3) is 8.68. The zero-order valence-corrected chi connectivity index (χ0v) is 24.3. The first-order valence-corrected chi connectivity index (χ1v) is 14.8. The zero-order valence-electron chi connectivity index (χ0n) is 23.5. The number of ether oxygens (including phenoxy) is 1. The van der Waals surface area contributed by atoms with E-state index in [2.05, 4.69) is 10.1 Å². The van der Waals surface area contributed by atoms with Crippen LogP contribution in [-0.4, -0.2) is 72.6 Å². The summed E-state index contributed by atoms with van der Waals surface area (Å²) < 4.78 is 71.4. The molecule has 10 nitrogen and oxygen atoms in total. The predicted octanol–water partition coefficient (Wildman–Crippen LogP) is 3.65. The number of carbonyl (C=O) groups is 3. The predicted molar refractivity (Wildman–Crippen MR) is 146 cm³/mol. The van der Waals surface area contributed by atoms with Crippen molar-refractivity contribution >= 4 is 27.8 Å². The average Bonchev–Trinajstić information content (AvgIpc) is 2.91. The number of nitrogens with one attached hydrogen (secondary N) is 1. The molecule has 14 heteroatoms. The molecule has 42 heavy (non-hydrogen) atoms. The lowest BCUT2D eigenvalue weighted by Gasteiger charge is -2.39. The van der Waals surface area contributed by atoms with Crippen molar-refractivity contribution in [2.24, 2.45) is 0 Å². The number of hydrogen-bond donors (Lipinski definition) is 2. The van der Waals surface area contributed by atoms with E-state index in [1.165, 1.54) is 11.8 Å². The number of hydrogen-bond acceptors (Lipinski definition) is 6. The lowest BCUT2D eigenvalue weighted by molar-refractivity contribution is -0.274. The van der Waals surface area contributed by atoms with E-state index in [0.29, 0.717) is 5.92 Å². The van der Waals surface area contributed by atoms with Crippen LogP contribution in [0.5, 0.6) is 5.75 Å². The number of sulfonamides is 1. The smallest absolute Gasteiger partial charge is 0.481 e. The Bertz CT molecular complexity index is 1400. The Balaban J connectivity index is 1.89. The zero-order chi connectivity index (χ0) is 31.2. The van der Waals surface area contributed by atoms with Gasteiger partial charge in [0.2, 0.25) is 21.8 Å². The summed E-state index contributed by atoms with van der Waals surface area (Å²) in [5, 5.41) is 11.6. The van der Waals surface area contributed by atoms with Crippen LogP contribution in [-0.2, 0) is 37.4 Å². The highest BCUT2D eigenvalue weighted by atomic mass is 32.2. The number of halogens is 3. The van der Waals surface area contributed by atoms with Crippen molar-refractivity contribution in [2.75, 3.05) is 19.6 Å². The molecule has 2 aromatic rings. The van der Waals surface area contributed by atoms with Crippen molar-refractivity contribution in [3.05, 3.63) is 59.2 Å². The van der Waals surface area contributed by atoms with Crippen LogP contribution in [0.15, 0.2) is 47.4 Å². The number of amides is 2. The number of piperazine rings is 1. The van der Waals surface area contributed by atoms with E-state index in [4.69, 9.17) is 5.11 Å². The molecule has 1 unspecified atom stereocenters. The van der Waals surface area contributed by atoms with Gasteiger partial charge in [0, 0.05) is 39.5 Å². The Morgan fingerprint density at radius 2 is 1.76 bits per heavy atom. The van der Waals surface area contributed by atoms with Gasteiger partial charge in [-0.1, -0.05) is 38.1 Å². The summed E-state index contributed by atoms with van der Waals surface area (Å²) in [6.45, 7) is 5.08. The van der Waals surface area contributed by atoms with Crippen molar-refractivity contribution in [1.29, 1.82) is 0 Å². The molecule has 1 fully saturated rings. The van der Waals surface area contributed by atoms with Gasteiger partial charge in [0.15, 0.2) is 0 Å². The van der Waals surface area contributed by atoms with Crippen LogP contribution < -0.4 is 10.1 Å². The van der Waals surface area contributed by atoms with Crippen LogP contribution in [0.4, 0.5) is 13.2 Å². The SMILES string of the molecule is CC(=O)N1CCN(S(=O)(=O)c2ccc(OC(F)(F)F)c(CCCC(=O)O)c2)C(C(=O)NCc2ccc(C(C)C)cc2)C1. The first-order valence-electron chi connectivity index (χ1n) is 13.3. The van der Waals surface area contributed by atoms with Crippen molar-refractivity contribution in [2.45, 2.75) is 69.8 Å². The fourth-order valence-corrected chi connectivity index (χ4v) is 6.20. The van der Waals surface area contributed by atoms with Gasteiger partial charge < -0.3 is 20.1 Å². The minimum atomic E-state index is -5.05. The second-order valence-corrected chi connectivity index (χ2v) is 12.2. The lowest BCUT2D eigenvalue weighted by Crippen LogP contribution is -2.61. The van der Waals surface area contributed by atoms with Crippen molar-refractivity contribution in [3.63, 3.8) is 0 Å². The Labute approximate surface area is 242 Å². The summed E-state index contributed by atoms with van der Waals surface area (Å²) in [6.07, 6.45) is -5.66. The van der Waals surface area contributed by atoms with Gasteiger partial charge in [-0.15, -0.1) is 13.2 Å². The maximum Gasteiger partial charge on any atom is 0.573 e. The van der Waals surface area contributed by atoms with Crippen LogP contribution in [0.1, 0.15) is 56.2 Å². The molecule has 1 saturated heterocycles. The molecule has 230 valence electrons. The molecule has 2 amide bonds. The van der Waals surface area contributed by atoms with Gasteiger partial charge in [0.1, 0.15) is 11.8 Å². The normalized spacial score (nSPS) is 16.4. The second kappa shape index (κ2) is 13.6.